The fourth-order valence-corrected chi connectivity index (χ4v) is 1.19. The van der Waals surface area contributed by atoms with E-state index >= 15 is 0 Å². The van der Waals surface area contributed by atoms with E-state index in [1.54, 1.807) is 0 Å². The number of nitrogens with zero attached hydrogens (tertiary/aromatic N) is 1. The van der Waals surface area contributed by atoms with Crippen molar-refractivity contribution in [3.63, 3.8) is 0 Å². The molecular formula is C10H9N. The van der Waals surface area contributed by atoms with Crippen LogP contribution in [0.1, 0.15) is 6.42 Å². The predicted octanol–water partition coefficient (Wildman–Crippen LogP) is 2.40. The smallest absolute Gasteiger partial charge is 0.0339 e. The van der Waals surface area contributed by atoms with Crippen molar-refractivity contribution < 1.29 is 0 Å². The second-order valence-corrected chi connectivity index (χ2v) is 2.56. The molecule has 0 aromatic rings. The van der Waals surface area contributed by atoms with Crippen LogP contribution in [0.25, 0.3) is 0 Å². The molecule has 0 saturated heterocycles. The van der Waals surface area contributed by atoms with Gasteiger partial charge in [0.1, 0.15) is 0 Å². The Morgan fingerprint density at radius 1 is 1.18 bits per heavy atom. The molecule has 0 amide bonds. The number of hydrogen-bond donors (Lipinski definition) is 0. The molecule has 11 heavy (non-hydrogen) atoms. The Bertz CT molecular complexity index is 301. The molecule has 2 rings (SSSR count). The average molecular weight is 143 g/mol. The van der Waals surface area contributed by atoms with Gasteiger partial charge in [-0.2, -0.15) is 0 Å². The van der Waals surface area contributed by atoms with Crippen LogP contribution in [0.5, 0.6) is 0 Å². The third-order valence-corrected chi connectivity index (χ3v) is 1.80. The molecule has 0 radical (unpaired) electrons. The molecule has 1 aliphatic heterocycles. The van der Waals surface area contributed by atoms with E-state index in [2.05, 4.69) is 23.2 Å². The summed E-state index contributed by atoms with van der Waals surface area (Å²) in [6.45, 7) is 0. The van der Waals surface area contributed by atoms with Crippen LogP contribution >= 0.6 is 0 Å². The van der Waals surface area contributed by atoms with Gasteiger partial charge in [0.15, 0.2) is 0 Å². The van der Waals surface area contributed by atoms with Gasteiger partial charge in [-0.05, 0) is 11.1 Å². The van der Waals surface area contributed by atoms with Crippen LogP contribution in [0.15, 0.2) is 52.7 Å². The highest BCUT2D eigenvalue weighted by molar-refractivity contribution is 5.69. The Morgan fingerprint density at radius 2 is 2.18 bits per heavy atom. The van der Waals surface area contributed by atoms with Gasteiger partial charge in [0.2, 0.25) is 0 Å². The van der Waals surface area contributed by atoms with Crippen LogP contribution in [0.4, 0.5) is 0 Å². The summed E-state index contributed by atoms with van der Waals surface area (Å²) >= 11 is 0. The molecule has 0 aromatic carbocycles. The van der Waals surface area contributed by atoms with E-state index < -0.39 is 0 Å². The van der Waals surface area contributed by atoms with Crippen LogP contribution in [-0.2, 0) is 0 Å². The van der Waals surface area contributed by atoms with Gasteiger partial charge in [0, 0.05) is 18.8 Å². The Labute approximate surface area is 66.1 Å². The third-order valence-electron chi connectivity index (χ3n) is 1.80. The molecule has 54 valence electrons. The maximum absolute atomic E-state index is 4.10. The number of hydrogen-bond acceptors (Lipinski definition) is 1. The molecule has 0 unspecified atom stereocenters. The van der Waals surface area contributed by atoms with Gasteiger partial charge in [-0.1, -0.05) is 30.4 Å². The van der Waals surface area contributed by atoms with Gasteiger partial charge < -0.3 is 0 Å². The van der Waals surface area contributed by atoms with Crippen molar-refractivity contribution in [2.24, 2.45) is 4.99 Å². The molecule has 1 nitrogen and oxygen atoms in total. The zero-order chi connectivity index (χ0) is 7.52. The van der Waals surface area contributed by atoms with Gasteiger partial charge in [0.05, 0.1) is 0 Å². The molecule has 0 atom stereocenters. The topological polar surface area (TPSA) is 12.4 Å². The van der Waals surface area contributed by atoms with Crippen LogP contribution in [0, 0.1) is 0 Å². The minimum Gasteiger partial charge on any atom is -0.268 e. The first-order valence-electron chi connectivity index (χ1n) is 3.73. The zero-order valence-electron chi connectivity index (χ0n) is 6.20. The van der Waals surface area contributed by atoms with Gasteiger partial charge in [-0.25, -0.2) is 0 Å². The van der Waals surface area contributed by atoms with Crippen LogP contribution in [-0.4, -0.2) is 6.21 Å². The molecule has 2 aliphatic rings. The largest absolute Gasteiger partial charge is 0.268 e. The van der Waals surface area contributed by atoms with Gasteiger partial charge >= 0.3 is 0 Å². The van der Waals surface area contributed by atoms with Crippen LogP contribution in [0.3, 0.4) is 0 Å². The van der Waals surface area contributed by atoms with E-state index in [1.165, 1.54) is 11.1 Å². The summed E-state index contributed by atoms with van der Waals surface area (Å²) in [5, 5.41) is 0. The molecular weight excluding hydrogens is 134 g/mol. The van der Waals surface area contributed by atoms with Crippen molar-refractivity contribution >= 4 is 6.21 Å². The first-order chi connectivity index (χ1) is 5.47. The van der Waals surface area contributed by atoms with Crippen LogP contribution in [0.2, 0.25) is 0 Å². The minimum absolute atomic E-state index is 0.959. The molecule has 0 saturated carbocycles. The molecule has 0 N–H and O–H groups in total. The van der Waals surface area contributed by atoms with E-state index in [-0.39, 0.29) is 0 Å². The van der Waals surface area contributed by atoms with E-state index in [0.29, 0.717) is 0 Å². The summed E-state index contributed by atoms with van der Waals surface area (Å²) in [6, 6.07) is 0. The lowest BCUT2D eigenvalue weighted by Crippen LogP contribution is -1.92. The standard InChI is InChI=1S/C10H9N/c1-2-4-9-6-7-11-8-10(9)5-3-1/h1-5,7-8H,6H2. The maximum atomic E-state index is 4.10. The zero-order valence-corrected chi connectivity index (χ0v) is 6.20. The molecule has 0 aromatic heterocycles. The predicted molar refractivity (Wildman–Crippen MR) is 47.6 cm³/mol. The first-order valence-corrected chi connectivity index (χ1v) is 3.73. The SMILES string of the molecule is C1=CC=C2CC=NC=C2C=C1. The second-order valence-electron chi connectivity index (χ2n) is 2.56. The summed E-state index contributed by atoms with van der Waals surface area (Å²) in [5.74, 6) is 0. The maximum Gasteiger partial charge on any atom is 0.0339 e. The summed E-state index contributed by atoms with van der Waals surface area (Å²) in [5.41, 5.74) is 2.59. The number of fused-ring (bicyclic) bond motifs is 1. The molecule has 0 spiro atoms. The first kappa shape index (κ1) is 6.35. The summed E-state index contributed by atoms with van der Waals surface area (Å²) in [4.78, 5) is 4.10. The van der Waals surface area contributed by atoms with Crippen LogP contribution < -0.4 is 0 Å². The summed E-state index contributed by atoms with van der Waals surface area (Å²) in [6.07, 6.45) is 15.2. The third kappa shape index (κ3) is 1.22. The summed E-state index contributed by atoms with van der Waals surface area (Å²) in [7, 11) is 0. The van der Waals surface area contributed by atoms with Gasteiger partial charge in [0.25, 0.3) is 0 Å². The van der Waals surface area contributed by atoms with Crippen molar-refractivity contribution in [3.05, 3.63) is 47.7 Å². The Kier molecular flexibility index (Phi) is 1.56. The average Bonchev–Trinajstić information content (AvgIpc) is 2.28. The molecule has 1 heteroatoms. The Hall–Kier alpha value is -1.37. The molecule has 1 aliphatic carbocycles. The highest BCUT2D eigenvalue weighted by Crippen LogP contribution is 2.19. The van der Waals surface area contributed by atoms with E-state index in [4.69, 9.17) is 0 Å². The van der Waals surface area contributed by atoms with Crippen molar-refractivity contribution in [1.82, 2.24) is 0 Å². The number of aliphatic imine (C=N–C) groups is 1. The highest BCUT2D eigenvalue weighted by Gasteiger charge is 2.03. The van der Waals surface area contributed by atoms with Crippen molar-refractivity contribution in [2.45, 2.75) is 6.42 Å². The summed E-state index contributed by atoms with van der Waals surface area (Å²) < 4.78 is 0. The van der Waals surface area contributed by atoms with Crippen molar-refractivity contribution in [2.75, 3.05) is 0 Å². The lowest BCUT2D eigenvalue weighted by atomic mass is 10.0. The van der Waals surface area contributed by atoms with Gasteiger partial charge in [-0.3, -0.25) is 4.99 Å². The fraction of sp³-hybridized carbons (Fsp3) is 0.100. The molecule has 1 heterocycles. The van der Waals surface area contributed by atoms with Crippen molar-refractivity contribution in [3.8, 4) is 0 Å². The van der Waals surface area contributed by atoms with Gasteiger partial charge in [-0.15, -0.1) is 0 Å². The molecule has 0 bridgehead atoms. The molecule has 0 fully saturated rings. The normalized spacial score (nSPS) is 20.4. The lowest BCUT2D eigenvalue weighted by molar-refractivity contribution is 1.26. The Morgan fingerprint density at radius 3 is 3.18 bits per heavy atom. The van der Waals surface area contributed by atoms with Crippen molar-refractivity contribution in [1.29, 1.82) is 0 Å². The monoisotopic (exact) mass is 143 g/mol. The van der Waals surface area contributed by atoms with E-state index in [0.717, 1.165) is 6.42 Å². The number of allylic oxidation sites excluding steroid dienone is 7. The Balaban J connectivity index is 2.44. The minimum atomic E-state index is 0.959. The highest BCUT2D eigenvalue weighted by atomic mass is 14.7. The van der Waals surface area contributed by atoms with E-state index in [1.807, 2.05) is 24.6 Å². The second kappa shape index (κ2) is 2.70. The lowest BCUT2D eigenvalue weighted by Gasteiger charge is -2.06. The number of rotatable bonds is 0. The quantitative estimate of drug-likeness (QED) is 0.493. The fourth-order valence-electron chi connectivity index (χ4n) is 1.19. The van der Waals surface area contributed by atoms with E-state index in [9.17, 15) is 0 Å².